The van der Waals surface area contributed by atoms with E-state index >= 15 is 0 Å². The van der Waals surface area contributed by atoms with Crippen LogP contribution in [0.25, 0.3) is 5.65 Å². The van der Waals surface area contributed by atoms with Crippen molar-refractivity contribution in [2.75, 3.05) is 6.54 Å². The van der Waals surface area contributed by atoms with E-state index in [1.54, 1.807) is 10.7 Å². The molecule has 2 rings (SSSR count). The molecule has 0 fully saturated rings. The quantitative estimate of drug-likeness (QED) is 0.876. The maximum Gasteiger partial charge on any atom is 0.257 e. The van der Waals surface area contributed by atoms with Gasteiger partial charge in [-0.25, -0.2) is 9.50 Å². The summed E-state index contributed by atoms with van der Waals surface area (Å²) in [4.78, 5) is 16.8. The molecular formula is C14H21N5O. The molecule has 108 valence electrons. The number of carbonyl (C=O) groups excluding carboxylic acids is 1. The van der Waals surface area contributed by atoms with Crippen LogP contribution in [0.1, 0.15) is 36.8 Å². The van der Waals surface area contributed by atoms with E-state index in [0.29, 0.717) is 17.8 Å². The SMILES string of the molecule is Cc1ccn2ncc(C(=O)NC(C)(CN)C(C)C)c2n1. The Labute approximate surface area is 118 Å². The number of aryl methyl sites for hydroxylation is 1. The Hall–Kier alpha value is -1.95. The number of amides is 1. The van der Waals surface area contributed by atoms with Crippen LogP contribution < -0.4 is 11.1 Å². The third-order valence-electron chi connectivity index (χ3n) is 3.85. The molecule has 0 aliphatic rings. The van der Waals surface area contributed by atoms with Crippen LogP contribution in [0.4, 0.5) is 0 Å². The maximum atomic E-state index is 12.5. The molecule has 0 radical (unpaired) electrons. The highest BCUT2D eigenvalue weighted by molar-refractivity contribution is 6.00. The van der Waals surface area contributed by atoms with Crippen LogP contribution in [0.2, 0.25) is 0 Å². The molecule has 0 bridgehead atoms. The molecule has 0 saturated carbocycles. The van der Waals surface area contributed by atoms with Gasteiger partial charge in [-0.3, -0.25) is 4.79 Å². The Balaban J connectivity index is 2.34. The van der Waals surface area contributed by atoms with Gasteiger partial charge in [0, 0.05) is 18.4 Å². The lowest BCUT2D eigenvalue weighted by Crippen LogP contribution is -2.55. The van der Waals surface area contributed by atoms with Gasteiger partial charge in [0.1, 0.15) is 5.56 Å². The molecule has 20 heavy (non-hydrogen) atoms. The summed E-state index contributed by atoms with van der Waals surface area (Å²) in [6, 6.07) is 1.85. The molecule has 1 atom stereocenters. The highest BCUT2D eigenvalue weighted by Crippen LogP contribution is 2.17. The van der Waals surface area contributed by atoms with E-state index in [2.05, 4.69) is 15.4 Å². The highest BCUT2D eigenvalue weighted by atomic mass is 16.1. The lowest BCUT2D eigenvalue weighted by atomic mass is 9.88. The molecule has 0 aromatic carbocycles. The molecule has 0 spiro atoms. The fourth-order valence-corrected chi connectivity index (χ4v) is 1.88. The van der Waals surface area contributed by atoms with E-state index in [9.17, 15) is 4.79 Å². The largest absolute Gasteiger partial charge is 0.345 e. The molecule has 2 aromatic rings. The van der Waals surface area contributed by atoms with E-state index < -0.39 is 5.54 Å². The van der Waals surface area contributed by atoms with Crippen molar-refractivity contribution in [3.8, 4) is 0 Å². The van der Waals surface area contributed by atoms with Crippen molar-refractivity contribution in [1.29, 1.82) is 0 Å². The van der Waals surface area contributed by atoms with Gasteiger partial charge in [-0.2, -0.15) is 5.10 Å². The predicted octanol–water partition coefficient (Wildman–Crippen LogP) is 1.14. The van der Waals surface area contributed by atoms with Crippen LogP contribution >= 0.6 is 0 Å². The predicted molar refractivity (Wildman–Crippen MR) is 77.5 cm³/mol. The van der Waals surface area contributed by atoms with Gasteiger partial charge in [0.15, 0.2) is 5.65 Å². The molecule has 2 aromatic heterocycles. The number of nitrogens with two attached hydrogens (primary N) is 1. The molecule has 1 unspecified atom stereocenters. The zero-order chi connectivity index (χ0) is 14.9. The van der Waals surface area contributed by atoms with Crippen molar-refractivity contribution < 1.29 is 4.79 Å². The molecule has 0 aliphatic heterocycles. The first-order valence-corrected chi connectivity index (χ1v) is 6.71. The minimum absolute atomic E-state index is 0.195. The number of fused-ring (bicyclic) bond motifs is 1. The van der Waals surface area contributed by atoms with Gasteiger partial charge in [0.25, 0.3) is 5.91 Å². The molecule has 3 N–H and O–H groups in total. The van der Waals surface area contributed by atoms with Crippen molar-refractivity contribution in [3.63, 3.8) is 0 Å². The van der Waals surface area contributed by atoms with Crippen molar-refractivity contribution >= 4 is 11.6 Å². The van der Waals surface area contributed by atoms with Gasteiger partial charge in [0.05, 0.1) is 11.7 Å². The number of hydrogen-bond acceptors (Lipinski definition) is 4. The monoisotopic (exact) mass is 275 g/mol. The number of rotatable bonds is 4. The third kappa shape index (κ3) is 2.51. The van der Waals surface area contributed by atoms with E-state index in [0.717, 1.165) is 5.69 Å². The summed E-state index contributed by atoms with van der Waals surface area (Å²) in [5, 5.41) is 7.14. The summed E-state index contributed by atoms with van der Waals surface area (Å²) < 4.78 is 1.59. The smallest absolute Gasteiger partial charge is 0.257 e. The van der Waals surface area contributed by atoms with Crippen molar-refractivity contribution in [2.24, 2.45) is 11.7 Å². The van der Waals surface area contributed by atoms with Crippen LogP contribution in [0.3, 0.4) is 0 Å². The van der Waals surface area contributed by atoms with Crippen LogP contribution in [0.15, 0.2) is 18.5 Å². The summed E-state index contributed by atoms with van der Waals surface area (Å²) in [5.74, 6) is 0.0349. The Kier molecular flexibility index (Phi) is 3.76. The topological polar surface area (TPSA) is 85.3 Å². The van der Waals surface area contributed by atoms with Crippen LogP contribution in [0, 0.1) is 12.8 Å². The Morgan fingerprint density at radius 3 is 2.85 bits per heavy atom. The molecule has 0 aliphatic carbocycles. The van der Waals surface area contributed by atoms with E-state index in [1.165, 1.54) is 6.20 Å². The molecule has 6 nitrogen and oxygen atoms in total. The molecule has 2 heterocycles. The van der Waals surface area contributed by atoms with Crippen molar-refractivity contribution in [1.82, 2.24) is 19.9 Å². The second kappa shape index (κ2) is 5.20. The molecule has 0 saturated heterocycles. The number of nitrogens with zero attached hydrogens (tertiary/aromatic N) is 3. The Morgan fingerprint density at radius 2 is 2.25 bits per heavy atom. The third-order valence-corrected chi connectivity index (χ3v) is 3.85. The van der Waals surface area contributed by atoms with Crippen LogP contribution in [0.5, 0.6) is 0 Å². The second-order valence-electron chi connectivity index (χ2n) is 5.63. The molecule has 6 heteroatoms. The van der Waals surface area contributed by atoms with Gasteiger partial charge in [0.2, 0.25) is 0 Å². The van der Waals surface area contributed by atoms with Gasteiger partial charge >= 0.3 is 0 Å². The van der Waals surface area contributed by atoms with E-state index in [-0.39, 0.29) is 11.8 Å². The summed E-state index contributed by atoms with van der Waals surface area (Å²) >= 11 is 0. The summed E-state index contributed by atoms with van der Waals surface area (Å²) in [7, 11) is 0. The first kappa shape index (κ1) is 14.5. The minimum atomic E-state index is -0.449. The number of aromatic nitrogens is 3. The average molecular weight is 275 g/mol. The molecular weight excluding hydrogens is 254 g/mol. The van der Waals surface area contributed by atoms with Crippen molar-refractivity contribution in [2.45, 2.75) is 33.2 Å². The van der Waals surface area contributed by atoms with Crippen molar-refractivity contribution in [3.05, 3.63) is 29.7 Å². The van der Waals surface area contributed by atoms with Crippen LogP contribution in [-0.4, -0.2) is 32.6 Å². The first-order chi connectivity index (χ1) is 9.37. The standard InChI is InChI=1S/C14H21N5O/c1-9(2)14(4,8-15)18-13(20)11-7-16-19-6-5-10(3)17-12(11)19/h5-7,9H,8,15H2,1-4H3,(H,18,20). The van der Waals surface area contributed by atoms with Gasteiger partial charge in [-0.15, -0.1) is 0 Å². The fraction of sp³-hybridized carbons (Fsp3) is 0.500. The Bertz CT molecular complexity index is 634. The lowest BCUT2D eigenvalue weighted by molar-refractivity contribution is 0.0884. The second-order valence-corrected chi connectivity index (χ2v) is 5.63. The number of nitrogens with one attached hydrogen (secondary N) is 1. The van der Waals surface area contributed by atoms with E-state index in [1.807, 2.05) is 33.8 Å². The van der Waals surface area contributed by atoms with E-state index in [4.69, 9.17) is 5.73 Å². The van der Waals surface area contributed by atoms with Gasteiger partial charge in [-0.1, -0.05) is 13.8 Å². The first-order valence-electron chi connectivity index (χ1n) is 6.71. The zero-order valence-electron chi connectivity index (χ0n) is 12.3. The normalized spacial score (nSPS) is 14.5. The van der Waals surface area contributed by atoms with Gasteiger partial charge in [-0.05, 0) is 25.8 Å². The maximum absolute atomic E-state index is 12.5. The lowest BCUT2D eigenvalue weighted by Gasteiger charge is -2.33. The average Bonchev–Trinajstić information content (AvgIpc) is 2.81. The summed E-state index contributed by atoms with van der Waals surface area (Å²) in [5.41, 5.74) is 7.22. The highest BCUT2D eigenvalue weighted by Gasteiger charge is 2.30. The number of hydrogen-bond donors (Lipinski definition) is 2. The van der Waals surface area contributed by atoms with Crippen LogP contribution in [-0.2, 0) is 0 Å². The molecule has 1 amide bonds. The van der Waals surface area contributed by atoms with Gasteiger partial charge < -0.3 is 11.1 Å². The zero-order valence-corrected chi connectivity index (χ0v) is 12.3. The fourth-order valence-electron chi connectivity index (χ4n) is 1.88. The number of carbonyl (C=O) groups is 1. The minimum Gasteiger partial charge on any atom is -0.345 e. The summed E-state index contributed by atoms with van der Waals surface area (Å²) in [6.45, 7) is 8.27. The Morgan fingerprint density at radius 1 is 1.55 bits per heavy atom. The summed E-state index contributed by atoms with van der Waals surface area (Å²) in [6.07, 6.45) is 3.33.